The number of unbranched alkanes of at least 4 members (excludes halogenated alkanes) is 1. The predicted octanol–water partition coefficient (Wildman–Crippen LogP) is 6.68. The van der Waals surface area contributed by atoms with E-state index < -0.39 is 54.1 Å². The van der Waals surface area contributed by atoms with E-state index in [1.165, 1.54) is 0 Å². The van der Waals surface area contributed by atoms with E-state index in [0.717, 1.165) is 12.0 Å². The highest BCUT2D eigenvalue weighted by Gasteiger charge is 2.31. The van der Waals surface area contributed by atoms with Crippen LogP contribution in [-0.2, 0) is 38.3 Å². The number of hydrogen-bond donors (Lipinski definition) is 5. The minimum Gasteiger partial charge on any atom is -0.458 e. The lowest BCUT2D eigenvalue weighted by atomic mass is 9.86. The van der Waals surface area contributed by atoms with Gasteiger partial charge in [-0.2, -0.15) is 0 Å². The number of carbonyl (C=O) groups excluding carboxylic acids is 7. The van der Waals surface area contributed by atoms with E-state index in [-0.39, 0.29) is 55.8 Å². The van der Waals surface area contributed by atoms with Crippen LogP contribution >= 0.6 is 0 Å². The zero-order valence-electron chi connectivity index (χ0n) is 37.0. The fourth-order valence-electron chi connectivity index (χ4n) is 5.90. The van der Waals surface area contributed by atoms with Crippen molar-refractivity contribution in [3.05, 3.63) is 96.0 Å². The number of carbonyl (C=O) groups is 7. The summed E-state index contributed by atoms with van der Waals surface area (Å²) in [7, 11) is 0. The summed E-state index contributed by atoms with van der Waals surface area (Å²) in [5, 5.41) is 12.9. The van der Waals surface area contributed by atoms with Gasteiger partial charge in [-0.3, -0.25) is 33.6 Å². The second-order valence-corrected chi connectivity index (χ2v) is 15.4. The number of ketones is 2. The standard InChI is InChI=1S/C45H63N5O8.C2H6/c1-8-11-22-33-23-17-25-36(48-39(53)29-46-38(52)26-16-19-31(4)27-34(58-33)18-10-3)43(56)49-35(24-12-9-2)42(55)44(57)47-30-40(54)50-41(32-20-14-13-15-21-32)37(51)28-45(5,6)7;1-2/h10-11,13-15,18,20-23,27,35-36,41H,4,8-9,12,16-17,19,24-26,28-30H2,1-3,5-7H3,(H,46,52)(H,47,57)(H,48,53)(H,49,56)(H,50,54);1-2H3/b18-10-,22-11-,33-23?,34-27-;. The van der Waals surface area contributed by atoms with Crippen LogP contribution in [0.5, 0.6) is 0 Å². The molecule has 5 amide bonds. The number of ether oxygens (including phenoxy) is 1. The molecule has 0 aromatic heterocycles. The number of rotatable bonds is 16. The van der Waals surface area contributed by atoms with Crippen LogP contribution in [0.4, 0.5) is 0 Å². The number of nitrogens with one attached hydrogen (secondary N) is 5. The Hall–Kier alpha value is -5.59. The molecule has 1 aliphatic heterocycles. The van der Waals surface area contributed by atoms with Gasteiger partial charge in [0.15, 0.2) is 5.78 Å². The van der Waals surface area contributed by atoms with Gasteiger partial charge in [-0.25, -0.2) is 0 Å². The van der Waals surface area contributed by atoms with Gasteiger partial charge in [0.05, 0.1) is 19.1 Å². The molecule has 0 aliphatic carbocycles. The van der Waals surface area contributed by atoms with Crippen LogP contribution < -0.4 is 26.6 Å². The average Bonchev–Trinajstić information content (AvgIpc) is 3.21. The van der Waals surface area contributed by atoms with E-state index in [1.807, 2.05) is 73.6 Å². The quantitative estimate of drug-likeness (QED) is 0.114. The Kier molecular flexibility index (Phi) is 25.1. The van der Waals surface area contributed by atoms with Crippen molar-refractivity contribution in [2.24, 2.45) is 5.41 Å². The molecular formula is C47H69N5O8. The molecule has 330 valence electrons. The lowest BCUT2D eigenvalue weighted by Gasteiger charge is -2.24. The van der Waals surface area contributed by atoms with Gasteiger partial charge in [0.1, 0.15) is 23.6 Å². The van der Waals surface area contributed by atoms with Crippen molar-refractivity contribution in [2.45, 2.75) is 138 Å². The van der Waals surface area contributed by atoms with Gasteiger partial charge >= 0.3 is 0 Å². The molecule has 3 unspecified atom stereocenters. The van der Waals surface area contributed by atoms with Crippen LogP contribution in [0.2, 0.25) is 0 Å². The number of amides is 5. The van der Waals surface area contributed by atoms with Crippen molar-refractivity contribution < 1.29 is 38.3 Å². The van der Waals surface area contributed by atoms with Crippen LogP contribution in [0.25, 0.3) is 0 Å². The average molecular weight is 832 g/mol. The maximum atomic E-state index is 13.8. The topological polar surface area (TPSA) is 189 Å². The molecule has 2 rings (SSSR count). The molecule has 0 radical (unpaired) electrons. The summed E-state index contributed by atoms with van der Waals surface area (Å²) in [4.78, 5) is 92.3. The smallest absolute Gasteiger partial charge is 0.290 e. The van der Waals surface area contributed by atoms with Crippen molar-refractivity contribution in [3.63, 3.8) is 0 Å². The third-order valence-corrected chi connectivity index (χ3v) is 8.81. The molecule has 1 aromatic carbocycles. The van der Waals surface area contributed by atoms with E-state index in [1.54, 1.807) is 48.6 Å². The summed E-state index contributed by atoms with van der Waals surface area (Å²) < 4.78 is 6.19. The summed E-state index contributed by atoms with van der Waals surface area (Å²) >= 11 is 0. The first kappa shape index (κ1) is 52.4. The van der Waals surface area contributed by atoms with Crippen LogP contribution in [-0.4, -0.2) is 66.3 Å². The Labute approximate surface area is 357 Å². The summed E-state index contributed by atoms with van der Waals surface area (Å²) in [6.45, 7) is 18.6. The molecule has 3 atom stereocenters. The highest BCUT2D eigenvalue weighted by Crippen LogP contribution is 2.25. The zero-order valence-corrected chi connectivity index (χ0v) is 37.0. The van der Waals surface area contributed by atoms with Crippen molar-refractivity contribution >= 4 is 41.1 Å². The van der Waals surface area contributed by atoms with E-state index in [9.17, 15) is 33.6 Å². The third kappa shape index (κ3) is 21.4. The molecule has 5 N–H and O–H groups in total. The Morgan fingerprint density at radius 1 is 0.967 bits per heavy atom. The van der Waals surface area contributed by atoms with E-state index in [4.69, 9.17) is 4.74 Å². The highest BCUT2D eigenvalue weighted by molar-refractivity contribution is 6.38. The number of Topliss-reactive ketones (excluding diaryl/α,β-unsaturated/α-hetero) is 2. The third-order valence-electron chi connectivity index (χ3n) is 8.81. The maximum Gasteiger partial charge on any atom is 0.290 e. The summed E-state index contributed by atoms with van der Waals surface area (Å²) in [6.07, 6.45) is 14.7. The largest absolute Gasteiger partial charge is 0.458 e. The Morgan fingerprint density at radius 2 is 1.67 bits per heavy atom. The van der Waals surface area contributed by atoms with Crippen molar-refractivity contribution in [3.8, 4) is 0 Å². The predicted molar refractivity (Wildman–Crippen MR) is 236 cm³/mol. The maximum absolute atomic E-state index is 13.8. The Morgan fingerprint density at radius 3 is 2.30 bits per heavy atom. The van der Waals surface area contributed by atoms with Crippen LogP contribution in [0.1, 0.15) is 131 Å². The van der Waals surface area contributed by atoms with Gasteiger partial charge in [0.2, 0.25) is 29.4 Å². The molecule has 0 saturated carbocycles. The molecule has 0 spiro atoms. The lowest BCUT2D eigenvalue weighted by Crippen LogP contribution is -2.55. The van der Waals surface area contributed by atoms with Crippen LogP contribution in [0.15, 0.2) is 90.5 Å². The second-order valence-electron chi connectivity index (χ2n) is 15.4. The fourth-order valence-corrected chi connectivity index (χ4v) is 5.90. The van der Waals surface area contributed by atoms with Crippen LogP contribution in [0, 0.1) is 5.41 Å². The molecular weight excluding hydrogens is 763 g/mol. The van der Waals surface area contributed by atoms with Gasteiger partial charge in [0.25, 0.3) is 5.91 Å². The number of allylic oxidation sites excluding steroid dienone is 7. The minimum absolute atomic E-state index is 0.0886. The van der Waals surface area contributed by atoms with E-state index >= 15 is 0 Å². The summed E-state index contributed by atoms with van der Waals surface area (Å²) in [5.41, 5.74) is 1.02. The highest BCUT2D eigenvalue weighted by atomic mass is 16.5. The molecule has 60 heavy (non-hydrogen) atoms. The van der Waals surface area contributed by atoms with Gasteiger partial charge in [0, 0.05) is 12.8 Å². The minimum atomic E-state index is -1.26. The second kappa shape index (κ2) is 28.8. The monoisotopic (exact) mass is 832 g/mol. The first-order valence-electron chi connectivity index (χ1n) is 21.2. The first-order valence-corrected chi connectivity index (χ1v) is 21.2. The van der Waals surface area contributed by atoms with Gasteiger partial charge in [-0.15, -0.1) is 0 Å². The molecule has 13 nitrogen and oxygen atoms in total. The molecule has 13 heteroatoms. The van der Waals surface area contributed by atoms with E-state index in [2.05, 4.69) is 33.2 Å². The number of hydrogen-bond acceptors (Lipinski definition) is 8. The first-order chi connectivity index (χ1) is 28.6. The fraction of sp³-hybridized carbons (Fsp3) is 0.511. The summed E-state index contributed by atoms with van der Waals surface area (Å²) in [6, 6.07) is 5.39. The Balaban J connectivity index is 0.00000886. The lowest BCUT2D eigenvalue weighted by molar-refractivity contribution is -0.141. The van der Waals surface area contributed by atoms with Gasteiger partial charge in [-0.1, -0.05) is 116 Å². The number of benzene rings is 1. The zero-order chi connectivity index (χ0) is 45.1. The van der Waals surface area contributed by atoms with Crippen molar-refractivity contribution in [2.75, 3.05) is 13.1 Å². The molecule has 0 bridgehead atoms. The molecule has 0 saturated heterocycles. The van der Waals surface area contributed by atoms with Gasteiger partial charge < -0.3 is 31.3 Å². The SMILES string of the molecule is C=C1/C=C(/C=C\C)OC(/C=C\CC)=CCCC(C(=O)NC(CCCC)C(=O)C(=O)NCC(=O)NC(C(=O)CC(C)(C)C)c2ccccc2)NC(=O)CNC(=O)CCC1.CC. The normalized spacial score (nSPS) is 17.8. The van der Waals surface area contributed by atoms with E-state index in [0.29, 0.717) is 42.8 Å². The van der Waals surface area contributed by atoms with Crippen molar-refractivity contribution in [1.29, 1.82) is 0 Å². The van der Waals surface area contributed by atoms with Crippen LogP contribution in [0.3, 0.4) is 0 Å². The summed E-state index contributed by atoms with van der Waals surface area (Å²) in [5.74, 6) is -3.54. The van der Waals surface area contributed by atoms with Crippen molar-refractivity contribution in [1.82, 2.24) is 26.6 Å². The Bertz CT molecular complexity index is 1720. The molecule has 1 heterocycles. The molecule has 0 fully saturated rings. The molecule has 1 aromatic rings. The van der Waals surface area contributed by atoms with Gasteiger partial charge in [-0.05, 0) is 80.7 Å². The molecule has 1 aliphatic rings.